The van der Waals surface area contributed by atoms with Crippen molar-refractivity contribution in [2.45, 2.75) is 12.8 Å². The van der Waals surface area contributed by atoms with Crippen molar-refractivity contribution in [3.8, 4) is 0 Å². The second-order valence-electron chi connectivity index (χ2n) is 4.46. The van der Waals surface area contributed by atoms with Crippen LogP contribution in [-0.2, 0) is 0 Å². The maximum atomic E-state index is 12.9. The molecule has 0 unspecified atom stereocenters. The second-order valence-corrected chi connectivity index (χ2v) is 5.37. The molecule has 0 amide bonds. The summed E-state index contributed by atoms with van der Waals surface area (Å²) in [5, 5.41) is 3.51. The van der Waals surface area contributed by atoms with E-state index in [9.17, 15) is 4.39 Å². The summed E-state index contributed by atoms with van der Waals surface area (Å²) in [5.41, 5.74) is 2.47. The topological polar surface area (TPSA) is 0 Å². The summed E-state index contributed by atoms with van der Waals surface area (Å²) >= 11 is 1.77. The fourth-order valence-corrected chi connectivity index (χ4v) is 3.32. The zero-order chi connectivity index (χ0) is 12.5. The van der Waals surface area contributed by atoms with Gasteiger partial charge in [-0.2, -0.15) is 0 Å². The van der Waals surface area contributed by atoms with Gasteiger partial charge in [0.25, 0.3) is 0 Å². The van der Waals surface area contributed by atoms with E-state index in [4.69, 9.17) is 0 Å². The van der Waals surface area contributed by atoms with Crippen LogP contribution in [0.3, 0.4) is 0 Å². The second kappa shape index (κ2) is 4.54. The van der Waals surface area contributed by atoms with E-state index in [-0.39, 0.29) is 5.82 Å². The first-order valence-corrected chi connectivity index (χ1v) is 6.85. The summed E-state index contributed by atoms with van der Waals surface area (Å²) in [6.07, 6.45) is 0. The SMILES string of the molecule is C[C@H](c1ccc(F)cc1)c1csc2ccccc12. The highest BCUT2D eigenvalue weighted by Gasteiger charge is 2.13. The average molecular weight is 256 g/mol. The number of rotatable bonds is 2. The molecule has 0 spiro atoms. The first-order valence-electron chi connectivity index (χ1n) is 5.97. The molecule has 1 atom stereocenters. The first-order chi connectivity index (χ1) is 8.75. The fourth-order valence-electron chi connectivity index (χ4n) is 2.26. The Bertz CT molecular complexity index is 667. The van der Waals surface area contributed by atoms with Crippen molar-refractivity contribution in [1.29, 1.82) is 0 Å². The molecule has 2 heteroatoms. The zero-order valence-corrected chi connectivity index (χ0v) is 10.9. The molecule has 90 valence electrons. The van der Waals surface area contributed by atoms with Crippen molar-refractivity contribution in [1.82, 2.24) is 0 Å². The van der Waals surface area contributed by atoms with E-state index in [0.717, 1.165) is 5.56 Å². The maximum Gasteiger partial charge on any atom is 0.123 e. The number of hydrogen-bond donors (Lipinski definition) is 0. The van der Waals surface area contributed by atoms with E-state index < -0.39 is 0 Å². The van der Waals surface area contributed by atoms with Gasteiger partial charge in [-0.1, -0.05) is 37.3 Å². The summed E-state index contributed by atoms with van der Waals surface area (Å²) in [4.78, 5) is 0. The van der Waals surface area contributed by atoms with Crippen LogP contribution < -0.4 is 0 Å². The van der Waals surface area contributed by atoms with E-state index in [1.54, 1.807) is 11.3 Å². The van der Waals surface area contributed by atoms with E-state index in [0.29, 0.717) is 5.92 Å². The first kappa shape index (κ1) is 11.4. The Kier molecular flexibility index (Phi) is 2.88. The smallest absolute Gasteiger partial charge is 0.123 e. The van der Waals surface area contributed by atoms with Crippen molar-refractivity contribution in [3.05, 3.63) is 70.9 Å². The van der Waals surface area contributed by atoms with Gasteiger partial charge in [0.05, 0.1) is 0 Å². The predicted molar refractivity (Wildman–Crippen MR) is 75.7 cm³/mol. The normalized spacial score (nSPS) is 12.8. The van der Waals surface area contributed by atoms with Crippen LogP contribution in [-0.4, -0.2) is 0 Å². The standard InChI is InChI=1S/C16H13FS/c1-11(12-6-8-13(17)9-7-12)15-10-18-16-5-3-2-4-14(15)16/h2-11H,1H3/t11-/m1/s1. The molecule has 0 saturated carbocycles. The number of thiophene rings is 1. The lowest BCUT2D eigenvalue weighted by atomic mass is 9.93. The molecule has 1 aromatic heterocycles. The highest BCUT2D eigenvalue weighted by Crippen LogP contribution is 2.34. The fraction of sp³-hybridized carbons (Fsp3) is 0.125. The number of fused-ring (bicyclic) bond motifs is 1. The van der Waals surface area contributed by atoms with E-state index in [1.807, 2.05) is 12.1 Å². The Morgan fingerprint density at radius 3 is 2.50 bits per heavy atom. The summed E-state index contributed by atoms with van der Waals surface area (Å²) in [6.45, 7) is 2.17. The molecular weight excluding hydrogens is 243 g/mol. The molecule has 0 saturated heterocycles. The molecule has 0 radical (unpaired) electrons. The van der Waals surface area contributed by atoms with Gasteiger partial charge in [0.2, 0.25) is 0 Å². The average Bonchev–Trinajstić information content (AvgIpc) is 2.82. The molecule has 1 heterocycles. The Labute approximate surface area is 110 Å². The Balaban J connectivity index is 2.06. The third-order valence-electron chi connectivity index (χ3n) is 3.35. The minimum atomic E-state index is -0.180. The van der Waals surface area contributed by atoms with Crippen LogP contribution in [0.2, 0.25) is 0 Å². The van der Waals surface area contributed by atoms with Crippen molar-refractivity contribution in [2.24, 2.45) is 0 Å². The summed E-state index contributed by atoms with van der Waals surface area (Å²) in [5.74, 6) is 0.114. The molecule has 0 nitrogen and oxygen atoms in total. The number of hydrogen-bond acceptors (Lipinski definition) is 1. The van der Waals surface area contributed by atoms with Gasteiger partial charge in [-0.3, -0.25) is 0 Å². The molecule has 3 rings (SSSR count). The Hall–Kier alpha value is -1.67. The summed E-state index contributed by atoms with van der Waals surface area (Å²) in [6, 6.07) is 15.2. The van der Waals surface area contributed by atoms with Crippen LogP contribution in [0, 0.1) is 5.82 Å². The largest absolute Gasteiger partial charge is 0.207 e. The van der Waals surface area contributed by atoms with Crippen LogP contribution in [0.25, 0.3) is 10.1 Å². The lowest BCUT2D eigenvalue weighted by molar-refractivity contribution is 0.626. The van der Waals surface area contributed by atoms with Gasteiger partial charge in [0.1, 0.15) is 5.82 Å². The lowest BCUT2D eigenvalue weighted by Crippen LogP contribution is -1.94. The maximum absolute atomic E-state index is 12.9. The quantitative estimate of drug-likeness (QED) is 0.591. The molecule has 0 aliphatic carbocycles. The molecule has 0 fully saturated rings. The third kappa shape index (κ3) is 1.93. The summed E-state index contributed by atoms with van der Waals surface area (Å²) < 4.78 is 14.3. The monoisotopic (exact) mass is 256 g/mol. The summed E-state index contributed by atoms with van der Waals surface area (Å²) in [7, 11) is 0. The third-order valence-corrected chi connectivity index (χ3v) is 4.33. The van der Waals surface area contributed by atoms with Gasteiger partial charge in [0.15, 0.2) is 0 Å². The van der Waals surface area contributed by atoms with Crippen LogP contribution in [0.15, 0.2) is 53.9 Å². The predicted octanol–water partition coefficient (Wildman–Crippen LogP) is 5.19. The van der Waals surface area contributed by atoms with Gasteiger partial charge in [-0.05, 0) is 40.1 Å². The minimum absolute atomic E-state index is 0.180. The van der Waals surface area contributed by atoms with Crippen LogP contribution in [0.4, 0.5) is 4.39 Å². The Morgan fingerprint density at radius 2 is 1.72 bits per heavy atom. The van der Waals surface area contributed by atoms with Crippen molar-refractivity contribution in [2.75, 3.05) is 0 Å². The minimum Gasteiger partial charge on any atom is -0.207 e. The van der Waals surface area contributed by atoms with Crippen LogP contribution >= 0.6 is 11.3 Å². The molecule has 0 aliphatic heterocycles. The van der Waals surface area contributed by atoms with Gasteiger partial charge in [0, 0.05) is 10.6 Å². The molecule has 18 heavy (non-hydrogen) atoms. The van der Waals surface area contributed by atoms with Gasteiger partial charge < -0.3 is 0 Å². The number of halogens is 1. The molecule has 0 bridgehead atoms. The highest BCUT2D eigenvalue weighted by atomic mass is 32.1. The number of benzene rings is 2. The molecule has 0 aliphatic rings. The molecule has 2 aromatic carbocycles. The van der Waals surface area contributed by atoms with E-state index in [1.165, 1.54) is 27.8 Å². The van der Waals surface area contributed by atoms with Gasteiger partial charge >= 0.3 is 0 Å². The van der Waals surface area contributed by atoms with Crippen molar-refractivity contribution in [3.63, 3.8) is 0 Å². The molecular formula is C16H13FS. The Morgan fingerprint density at radius 1 is 1.00 bits per heavy atom. The zero-order valence-electron chi connectivity index (χ0n) is 10.1. The molecule has 0 N–H and O–H groups in total. The van der Waals surface area contributed by atoms with Gasteiger partial charge in [-0.25, -0.2) is 4.39 Å². The van der Waals surface area contributed by atoms with Gasteiger partial charge in [-0.15, -0.1) is 11.3 Å². The molecule has 3 aromatic rings. The van der Waals surface area contributed by atoms with Crippen molar-refractivity contribution < 1.29 is 4.39 Å². The lowest BCUT2D eigenvalue weighted by Gasteiger charge is -2.11. The van der Waals surface area contributed by atoms with Crippen molar-refractivity contribution >= 4 is 21.4 Å². The van der Waals surface area contributed by atoms with E-state index >= 15 is 0 Å². The van der Waals surface area contributed by atoms with Crippen LogP contribution in [0.1, 0.15) is 24.0 Å². The van der Waals surface area contributed by atoms with Crippen LogP contribution in [0.5, 0.6) is 0 Å². The van der Waals surface area contributed by atoms with E-state index in [2.05, 4.69) is 36.6 Å². The highest BCUT2D eigenvalue weighted by molar-refractivity contribution is 7.17.